The molecule has 16 heavy (non-hydrogen) atoms. The van der Waals surface area contributed by atoms with Crippen molar-refractivity contribution < 1.29 is 4.74 Å². The number of piperazine rings is 1. The maximum atomic E-state index is 5.29. The molecule has 1 aromatic carbocycles. The topological polar surface area (TPSA) is 36.5 Å². The van der Waals surface area contributed by atoms with E-state index >= 15 is 0 Å². The largest absolute Gasteiger partial charge is 0.495 e. The third kappa shape index (κ3) is 2.87. The lowest BCUT2D eigenvalue weighted by Gasteiger charge is -2.27. The number of benzene rings is 1. The normalized spacial score (nSPS) is 17.1. The van der Waals surface area contributed by atoms with Crippen molar-refractivity contribution in [3.8, 4) is 5.75 Å². The van der Waals surface area contributed by atoms with Crippen molar-refractivity contribution >= 4 is 5.69 Å². The molecular weight excluding hydrogens is 202 g/mol. The van der Waals surface area contributed by atoms with E-state index in [1.165, 1.54) is 0 Å². The molecule has 0 atom stereocenters. The molecule has 0 aromatic heterocycles. The highest BCUT2D eigenvalue weighted by atomic mass is 16.5. The van der Waals surface area contributed by atoms with E-state index in [0.717, 1.165) is 44.3 Å². The highest BCUT2D eigenvalue weighted by Gasteiger charge is 2.09. The Hall–Kier alpha value is -1.26. The Balaban J connectivity index is 1.88. The Morgan fingerprint density at radius 2 is 2.06 bits per heavy atom. The van der Waals surface area contributed by atoms with Crippen molar-refractivity contribution in [3.63, 3.8) is 0 Å². The monoisotopic (exact) mass is 221 g/mol. The van der Waals surface area contributed by atoms with Gasteiger partial charge < -0.3 is 15.4 Å². The summed E-state index contributed by atoms with van der Waals surface area (Å²) in [5.74, 6) is 0.901. The molecule has 0 bridgehead atoms. The fraction of sp³-hybridized carbons (Fsp3) is 0.500. The highest BCUT2D eigenvalue weighted by Crippen LogP contribution is 2.22. The predicted octanol–water partition coefficient (Wildman–Crippen LogP) is 0.970. The molecule has 0 radical (unpaired) electrons. The summed E-state index contributed by atoms with van der Waals surface area (Å²) in [6.45, 7) is 5.23. The molecule has 1 fully saturated rings. The van der Waals surface area contributed by atoms with Crippen molar-refractivity contribution in [3.05, 3.63) is 24.3 Å². The van der Waals surface area contributed by atoms with Gasteiger partial charge in [0, 0.05) is 26.2 Å². The molecule has 4 heteroatoms. The van der Waals surface area contributed by atoms with Crippen LogP contribution in [0, 0.1) is 0 Å². The number of para-hydroxylation sites is 2. The SMILES string of the molecule is COc1ccccc1NCN1CCNCC1. The number of rotatable bonds is 4. The van der Waals surface area contributed by atoms with Gasteiger partial charge in [-0.1, -0.05) is 12.1 Å². The first-order chi connectivity index (χ1) is 7.90. The summed E-state index contributed by atoms with van der Waals surface area (Å²) in [6, 6.07) is 8.01. The number of anilines is 1. The van der Waals surface area contributed by atoms with Gasteiger partial charge in [-0.2, -0.15) is 0 Å². The quantitative estimate of drug-likeness (QED) is 0.794. The molecular formula is C12H19N3O. The third-order valence-electron chi connectivity index (χ3n) is 2.81. The summed E-state index contributed by atoms with van der Waals surface area (Å²) in [5, 5.41) is 6.75. The van der Waals surface area contributed by atoms with Gasteiger partial charge in [0.05, 0.1) is 19.5 Å². The Morgan fingerprint density at radius 3 is 2.81 bits per heavy atom. The summed E-state index contributed by atoms with van der Waals surface area (Å²) < 4.78 is 5.29. The number of nitrogens with zero attached hydrogens (tertiary/aromatic N) is 1. The summed E-state index contributed by atoms with van der Waals surface area (Å²) in [5.41, 5.74) is 1.06. The van der Waals surface area contributed by atoms with Crippen LogP contribution >= 0.6 is 0 Å². The fourth-order valence-electron chi connectivity index (χ4n) is 1.86. The summed E-state index contributed by atoms with van der Waals surface area (Å²) >= 11 is 0. The first-order valence-corrected chi connectivity index (χ1v) is 5.70. The summed E-state index contributed by atoms with van der Waals surface area (Å²) in [6.07, 6.45) is 0. The van der Waals surface area contributed by atoms with E-state index in [2.05, 4.69) is 15.5 Å². The van der Waals surface area contributed by atoms with Crippen LogP contribution in [0.15, 0.2) is 24.3 Å². The second-order valence-electron chi connectivity index (χ2n) is 3.90. The van der Waals surface area contributed by atoms with Gasteiger partial charge in [0.1, 0.15) is 5.75 Å². The molecule has 2 N–H and O–H groups in total. The second kappa shape index (κ2) is 5.72. The average molecular weight is 221 g/mol. The maximum absolute atomic E-state index is 5.29. The molecule has 1 aliphatic rings. The molecule has 1 aliphatic heterocycles. The van der Waals surface area contributed by atoms with E-state index in [1.54, 1.807) is 7.11 Å². The number of ether oxygens (including phenoxy) is 1. The van der Waals surface area contributed by atoms with Crippen molar-refractivity contribution in [1.29, 1.82) is 0 Å². The van der Waals surface area contributed by atoms with Gasteiger partial charge in [0.25, 0.3) is 0 Å². The Kier molecular flexibility index (Phi) is 4.02. The Bertz CT molecular complexity index is 324. The van der Waals surface area contributed by atoms with E-state index in [0.29, 0.717) is 0 Å². The Morgan fingerprint density at radius 1 is 1.31 bits per heavy atom. The highest BCUT2D eigenvalue weighted by molar-refractivity contribution is 5.55. The van der Waals surface area contributed by atoms with Crippen LogP contribution < -0.4 is 15.4 Å². The van der Waals surface area contributed by atoms with Crippen LogP contribution in [0.2, 0.25) is 0 Å². The van der Waals surface area contributed by atoms with Crippen LogP contribution in [0.25, 0.3) is 0 Å². The smallest absolute Gasteiger partial charge is 0.141 e. The fourth-order valence-corrected chi connectivity index (χ4v) is 1.86. The van der Waals surface area contributed by atoms with Gasteiger partial charge in [-0.3, -0.25) is 4.90 Å². The zero-order chi connectivity index (χ0) is 11.2. The van der Waals surface area contributed by atoms with Crippen molar-refractivity contribution in [1.82, 2.24) is 10.2 Å². The van der Waals surface area contributed by atoms with Gasteiger partial charge in [-0.15, -0.1) is 0 Å². The molecule has 0 saturated carbocycles. The van der Waals surface area contributed by atoms with Gasteiger partial charge in [0.2, 0.25) is 0 Å². The molecule has 0 unspecified atom stereocenters. The van der Waals surface area contributed by atoms with Crippen LogP contribution in [0.3, 0.4) is 0 Å². The Labute approximate surface area is 96.6 Å². The van der Waals surface area contributed by atoms with E-state index in [9.17, 15) is 0 Å². The maximum Gasteiger partial charge on any atom is 0.141 e. The van der Waals surface area contributed by atoms with Crippen LogP contribution in [0.5, 0.6) is 5.75 Å². The van der Waals surface area contributed by atoms with Gasteiger partial charge in [0.15, 0.2) is 0 Å². The van der Waals surface area contributed by atoms with E-state index in [1.807, 2.05) is 24.3 Å². The van der Waals surface area contributed by atoms with Crippen molar-refractivity contribution in [2.24, 2.45) is 0 Å². The first kappa shape index (κ1) is 11.2. The molecule has 1 aromatic rings. The minimum Gasteiger partial charge on any atom is -0.495 e. The molecule has 2 rings (SSSR count). The molecule has 4 nitrogen and oxygen atoms in total. The van der Waals surface area contributed by atoms with Crippen molar-refractivity contribution in [2.45, 2.75) is 0 Å². The molecule has 1 saturated heterocycles. The molecule has 88 valence electrons. The third-order valence-corrected chi connectivity index (χ3v) is 2.81. The number of hydrogen-bond acceptors (Lipinski definition) is 4. The van der Waals surface area contributed by atoms with Crippen LogP contribution in [0.1, 0.15) is 0 Å². The minimum atomic E-state index is 0.877. The zero-order valence-electron chi connectivity index (χ0n) is 9.70. The van der Waals surface area contributed by atoms with Crippen LogP contribution in [-0.2, 0) is 0 Å². The van der Waals surface area contributed by atoms with E-state index in [-0.39, 0.29) is 0 Å². The van der Waals surface area contributed by atoms with E-state index in [4.69, 9.17) is 4.74 Å². The standard InChI is InChI=1S/C12H19N3O/c1-16-12-5-3-2-4-11(12)14-10-15-8-6-13-7-9-15/h2-5,13-14H,6-10H2,1H3. The van der Waals surface area contributed by atoms with Crippen molar-refractivity contribution in [2.75, 3.05) is 45.3 Å². The molecule has 0 amide bonds. The molecule has 0 aliphatic carbocycles. The number of hydrogen-bond donors (Lipinski definition) is 2. The molecule has 0 spiro atoms. The summed E-state index contributed by atoms with van der Waals surface area (Å²) in [7, 11) is 1.70. The van der Waals surface area contributed by atoms with Gasteiger partial charge in [-0.05, 0) is 12.1 Å². The number of nitrogens with one attached hydrogen (secondary N) is 2. The van der Waals surface area contributed by atoms with Gasteiger partial charge >= 0.3 is 0 Å². The lowest BCUT2D eigenvalue weighted by Crippen LogP contribution is -2.45. The lowest BCUT2D eigenvalue weighted by atomic mass is 10.3. The zero-order valence-corrected chi connectivity index (χ0v) is 9.70. The summed E-state index contributed by atoms with van der Waals surface area (Å²) in [4.78, 5) is 2.39. The predicted molar refractivity (Wildman–Crippen MR) is 65.9 cm³/mol. The second-order valence-corrected chi connectivity index (χ2v) is 3.90. The van der Waals surface area contributed by atoms with Crippen LogP contribution in [-0.4, -0.2) is 44.9 Å². The average Bonchev–Trinajstić information content (AvgIpc) is 2.38. The minimum absolute atomic E-state index is 0.877. The van der Waals surface area contributed by atoms with Gasteiger partial charge in [-0.25, -0.2) is 0 Å². The molecule has 1 heterocycles. The van der Waals surface area contributed by atoms with E-state index < -0.39 is 0 Å². The first-order valence-electron chi connectivity index (χ1n) is 5.70. The number of methoxy groups -OCH3 is 1. The van der Waals surface area contributed by atoms with Crippen LogP contribution in [0.4, 0.5) is 5.69 Å². The lowest BCUT2D eigenvalue weighted by molar-refractivity contribution is 0.256.